The first-order valence-corrected chi connectivity index (χ1v) is 8.01. The number of hydrogen-bond acceptors (Lipinski definition) is 5. The molecule has 2 aromatic carbocycles. The summed E-state index contributed by atoms with van der Waals surface area (Å²) < 4.78 is 1.65. The first-order valence-electron chi connectivity index (χ1n) is 8.01. The molecule has 4 rings (SSSR count). The lowest BCUT2D eigenvalue weighted by molar-refractivity contribution is 0.0698. The monoisotopic (exact) mass is 359 g/mol. The lowest BCUT2D eigenvalue weighted by atomic mass is 10.0. The zero-order valence-electron chi connectivity index (χ0n) is 13.9. The van der Waals surface area contributed by atoms with Crippen molar-refractivity contribution in [2.45, 2.75) is 0 Å². The number of anilines is 1. The van der Waals surface area contributed by atoms with Crippen molar-refractivity contribution in [3.05, 3.63) is 78.5 Å². The number of hydrogen-bond donors (Lipinski definition) is 2. The van der Waals surface area contributed by atoms with Crippen LogP contribution in [-0.4, -0.2) is 36.7 Å². The maximum absolute atomic E-state index is 12.5. The van der Waals surface area contributed by atoms with E-state index in [0.717, 1.165) is 10.8 Å². The summed E-state index contributed by atoms with van der Waals surface area (Å²) in [6.07, 6.45) is 4.88. The molecule has 1 amide bonds. The number of benzene rings is 2. The van der Waals surface area contributed by atoms with Crippen LogP contribution in [0.25, 0.3) is 16.6 Å². The Bertz CT molecular complexity index is 1140. The van der Waals surface area contributed by atoms with Gasteiger partial charge >= 0.3 is 5.97 Å². The Kier molecular flexibility index (Phi) is 4.06. The average Bonchev–Trinajstić information content (AvgIpc) is 3.22. The van der Waals surface area contributed by atoms with Crippen LogP contribution in [0.1, 0.15) is 20.8 Å². The predicted octanol–water partition coefficient (Wildman–Crippen LogP) is 2.77. The van der Waals surface area contributed by atoms with Crippen LogP contribution in [0, 0.1) is 0 Å². The van der Waals surface area contributed by atoms with Gasteiger partial charge in [-0.2, -0.15) is 0 Å². The van der Waals surface area contributed by atoms with E-state index in [4.69, 9.17) is 0 Å². The summed E-state index contributed by atoms with van der Waals surface area (Å²) in [5, 5.41) is 21.6. The number of nitrogens with one attached hydrogen (secondary N) is 1. The summed E-state index contributed by atoms with van der Waals surface area (Å²) in [6.45, 7) is 0. The minimum atomic E-state index is -1.13. The summed E-state index contributed by atoms with van der Waals surface area (Å²) in [5.74, 6) is -1.16. The maximum Gasteiger partial charge on any atom is 0.337 e. The third-order valence-corrected chi connectivity index (χ3v) is 4.02. The van der Waals surface area contributed by atoms with E-state index in [-0.39, 0.29) is 16.9 Å². The minimum Gasteiger partial charge on any atom is -0.478 e. The van der Waals surface area contributed by atoms with Crippen molar-refractivity contribution in [2.75, 3.05) is 5.32 Å². The predicted molar refractivity (Wildman–Crippen MR) is 98.0 cm³/mol. The molecule has 132 valence electrons. The molecule has 0 aliphatic heterocycles. The molecule has 0 saturated carbocycles. The highest BCUT2D eigenvalue weighted by atomic mass is 16.4. The van der Waals surface area contributed by atoms with Gasteiger partial charge in [0.1, 0.15) is 6.33 Å². The number of aromatic carboxylic acids is 1. The minimum absolute atomic E-state index is 0.00467. The van der Waals surface area contributed by atoms with Crippen LogP contribution in [0.4, 0.5) is 5.69 Å². The van der Waals surface area contributed by atoms with Gasteiger partial charge in [-0.1, -0.05) is 24.3 Å². The molecule has 0 atom stereocenters. The molecule has 0 aliphatic carbocycles. The molecule has 2 heterocycles. The lowest BCUT2D eigenvalue weighted by Gasteiger charge is -2.10. The van der Waals surface area contributed by atoms with E-state index in [0.29, 0.717) is 5.82 Å². The van der Waals surface area contributed by atoms with E-state index in [1.807, 2.05) is 24.3 Å². The summed E-state index contributed by atoms with van der Waals surface area (Å²) in [5.41, 5.74) is 0.278. The van der Waals surface area contributed by atoms with Gasteiger partial charge in [0.25, 0.3) is 5.91 Å². The molecule has 2 aromatic heterocycles. The van der Waals surface area contributed by atoms with Gasteiger partial charge in [-0.15, -0.1) is 10.2 Å². The van der Waals surface area contributed by atoms with E-state index in [1.165, 1.54) is 12.1 Å². The van der Waals surface area contributed by atoms with Crippen molar-refractivity contribution in [1.82, 2.24) is 19.7 Å². The molecule has 27 heavy (non-hydrogen) atoms. The number of carboxylic acid groups (broad SMARTS) is 1. The summed E-state index contributed by atoms with van der Waals surface area (Å²) in [4.78, 5) is 28.0. The van der Waals surface area contributed by atoms with Gasteiger partial charge in [0.15, 0.2) is 11.5 Å². The molecule has 8 nitrogen and oxygen atoms in total. The Hall–Kier alpha value is -4.07. The highest BCUT2D eigenvalue weighted by molar-refractivity contribution is 6.09. The van der Waals surface area contributed by atoms with Gasteiger partial charge < -0.3 is 10.4 Å². The van der Waals surface area contributed by atoms with Crippen molar-refractivity contribution in [1.29, 1.82) is 0 Å². The third kappa shape index (κ3) is 3.23. The molecule has 0 spiro atoms. The number of carbonyl (C=O) groups excluding carboxylic acids is 1. The average molecular weight is 359 g/mol. The van der Waals surface area contributed by atoms with Gasteiger partial charge in [0.2, 0.25) is 0 Å². The highest BCUT2D eigenvalue weighted by Gasteiger charge is 2.16. The van der Waals surface area contributed by atoms with Crippen LogP contribution in [-0.2, 0) is 0 Å². The molecule has 4 aromatic rings. The fourth-order valence-corrected chi connectivity index (χ4v) is 2.69. The Balaban J connectivity index is 1.64. The van der Waals surface area contributed by atoms with Crippen molar-refractivity contribution in [3.63, 3.8) is 0 Å². The van der Waals surface area contributed by atoms with E-state index in [2.05, 4.69) is 20.5 Å². The summed E-state index contributed by atoms with van der Waals surface area (Å²) >= 11 is 0. The number of carbonyl (C=O) groups is 2. The molecule has 0 bridgehead atoms. The molecule has 0 radical (unpaired) electrons. The number of fused-ring (bicyclic) bond motifs is 1. The van der Waals surface area contributed by atoms with Crippen LogP contribution in [0.3, 0.4) is 0 Å². The molecular weight excluding hydrogens is 346 g/mol. The van der Waals surface area contributed by atoms with Gasteiger partial charge in [-0.25, -0.2) is 9.78 Å². The Morgan fingerprint density at radius 2 is 1.78 bits per heavy atom. The molecule has 0 fully saturated rings. The number of rotatable bonds is 4. The first-order chi connectivity index (χ1) is 13.1. The molecule has 2 N–H and O–H groups in total. The number of nitrogens with zero attached hydrogens (tertiary/aromatic N) is 4. The van der Waals surface area contributed by atoms with Crippen molar-refractivity contribution < 1.29 is 14.7 Å². The van der Waals surface area contributed by atoms with E-state index in [9.17, 15) is 14.7 Å². The van der Waals surface area contributed by atoms with Gasteiger partial charge in [-0.3, -0.25) is 9.36 Å². The van der Waals surface area contributed by atoms with E-state index in [1.54, 1.807) is 35.4 Å². The largest absolute Gasteiger partial charge is 0.478 e. The maximum atomic E-state index is 12.5. The van der Waals surface area contributed by atoms with Crippen LogP contribution in [0.15, 0.2) is 67.3 Å². The topological polar surface area (TPSA) is 110 Å². The van der Waals surface area contributed by atoms with Crippen LogP contribution < -0.4 is 5.32 Å². The SMILES string of the molecule is O=C(Nc1cc2ccccc2cc1C(=O)O)c1ccc(-n2ccnc2)nn1. The zero-order chi connectivity index (χ0) is 18.8. The second-order valence-corrected chi connectivity index (χ2v) is 5.75. The third-order valence-electron chi connectivity index (χ3n) is 4.02. The lowest BCUT2D eigenvalue weighted by Crippen LogP contribution is -2.17. The fourth-order valence-electron chi connectivity index (χ4n) is 2.69. The van der Waals surface area contributed by atoms with Crippen molar-refractivity contribution >= 4 is 28.3 Å². The van der Waals surface area contributed by atoms with Crippen molar-refractivity contribution in [3.8, 4) is 5.82 Å². The second kappa shape index (κ2) is 6.68. The van der Waals surface area contributed by atoms with E-state index < -0.39 is 11.9 Å². The highest BCUT2D eigenvalue weighted by Crippen LogP contribution is 2.24. The molecule has 8 heteroatoms. The Morgan fingerprint density at radius 3 is 2.41 bits per heavy atom. The van der Waals surface area contributed by atoms with Crippen molar-refractivity contribution in [2.24, 2.45) is 0 Å². The van der Waals surface area contributed by atoms with E-state index >= 15 is 0 Å². The van der Waals surface area contributed by atoms with Gasteiger partial charge in [0.05, 0.1) is 11.3 Å². The van der Waals surface area contributed by atoms with Gasteiger partial charge in [0, 0.05) is 12.4 Å². The van der Waals surface area contributed by atoms with Crippen LogP contribution in [0.5, 0.6) is 0 Å². The van der Waals surface area contributed by atoms with Crippen LogP contribution >= 0.6 is 0 Å². The zero-order valence-corrected chi connectivity index (χ0v) is 13.9. The quantitative estimate of drug-likeness (QED) is 0.580. The normalized spacial score (nSPS) is 10.7. The molecule has 0 unspecified atom stereocenters. The molecule has 0 aliphatic rings. The summed E-state index contributed by atoms with van der Waals surface area (Å²) in [6, 6.07) is 13.6. The van der Waals surface area contributed by atoms with Gasteiger partial charge in [-0.05, 0) is 35.0 Å². The molecular formula is C19H13N5O3. The Morgan fingerprint density at radius 1 is 1.00 bits per heavy atom. The Labute approximate surface area is 153 Å². The number of carboxylic acids is 1. The number of amides is 1. The number of aromatic nitrogens is 4. The standard InChI is InChI=1S/C19H13N5O3/c25-18(15-5-6-17(23-22-15)24-8-7-20-11-24)21-16-10-13-4-2-1-3-12(13)9-14(16)19(26)27/h1-11H,(H,21,25)(H,26,27). The first kappa shape index (κ1) is 16.4. The molecule has 0 saturated heterocycles. The fraction of sp³-hybridized carbons (Fsp3) is 0. The smallest absolute Gasteiger partial charge is 0.337 e. The second-order valence-electron chi connectivity index (χ2n) is 5.75. The van der Waals surface area contributed by atoms with Crippen LogP contribution in [0.2, 0.25) is 0 Å². The summed E-state index contributed by atoms with van der Waals surface area (Å²) in [7, 11) is 0. The number of imidazole rings is 1.